The molecule has 0 fully saturated rings. The van der Waals surface area contributed by atoms with E-state index in [1.165, 1.54) is 12.2 Å². The van der Waals surface area contributed by atoms with Crippen LogP contribution in [0.4, 0.5) is 11.6 Å². The van der Waals surface area contributed by atoms with Crippen molar-refractivity contribution in [1.82, 2.24) is 9.97 Å². The molecule has 180 valence electrons. The minimum absolute atomic E-state index is 0.132. The number of carbonyl (C=O) groups is 2. The van der Waals surface area contributed by atoms with E-state index in [1.54, 1.807) is 36.0 Å². The van der Waals surface area contributed by atoms with Gasteiger partial charge in [-0.25, -0.2) is 9.97 Å². The smallest absolute Gasteiger partial charge is 0.237 e. The molecular weight excluding hydrogens is 432 g/mol. The average molecular weight is 465 g/mol. The minimum atomic E-state index is -0.729. The normalized spacial score (nSPS) is 17.4. The number of hydrogen-bond acceptors (Lipinski definition) is 6. The first-order valence-corrected chi connectivity index (χ1v) is 11.4. The highest BCUT2D eigenvalue weighted by Gasteiger charge is 2.32. The third-order valence-electron chi connectivity index (χ3n) is 6.11. The molecule has 0 bridgehead atoms. The molecule has 34 heavy (non-hydrogen) atoms. The topological polar surface area (TPSA) is 107 Å². The zero-order chi connectivity index (χ0) is 24.8. The number of aliphatic hydroxyl groups excluding tert-OH is 2. The van der Waals surface area contributed by atoms with Gasteiger partial charge in [0, 0.05) is 25.5 Å². The molecule has 0 saturated carbocycles. The monoisotopic (exact) mass is 464 g/mol. The van der Waals surface area contributed by atoms with Gasteiger partial charge in [0.1, 0.15) is 11.6 Å². The fourth-order valence-corrected chi connectivity index (χ4v) is 4.21. The number of amides is 2. The lowest BCUT2D eigenvalue weighted by Crippen LogP contribution is -2.38. The Morgan fingerprint density at radius 3 is 1.56 bits per heavy atom. The molecule has 2 amide bonds. The van der Waals surface area contributed by atoms with Crippen molar-refractivity contribution in [3.63, 3.8) is 0 Å². The standard InChI is InChI=1S/2C13H16N2O2/c2*1-3-11(9(2)16)13(17)15-8-6-10-5-4-7-14-12(10)15/h2*3-5,7,9,11,16H,1,6,8H2,2H3/t2*9-,11+/m00/s1. The van der Waals surface area contributed by atoms with Gasteiger partial charge in [-0.2, -0.15) is 0 Å². The Hall–Kier alpha value is -3.36. The zero-order valence-corrected chi connectivity index (χ0v) is 19.7. The molecule has 4 atom stereocenters. The van der Waals surface area contributed by atoms with Crippen LogP contribution in [0.3, 0.4) is 0 Å². The molecule has 2 aromatic heterocycles. The molecule has 0 radical (unpaired) electrons. The summed E-state index contributed by atoms with van der Waals surface area (Å²) in [5.74, 6) is 0.0285. The Kier molecular flexibility index (Phi) is 8.31. The number of hydrogen-bond donors (Lipinski definition) is 2. The molecule has 2 aliphatic rings. The van der Waals surface area contributed by atoms with Gasteiger partial charge in [-0.05, 0) is 49.9 Å². The Labute approximate surface area is 200 Å². The van der Waals surface area contributed by atoms with E-state index < -0.39 is 24.0 Å². The molecule has 0 aromatic carbocycles. The molecule has 2 N–H and O–H groups in total. The fraction of sp³-hybridized carbons (Fsp3) is 0.385. The summed E-state index contributed by atoms with van der Waals surface area (Å²) in [6.07, 6.45) is 6.52. The van der Waals surface area contributed by atoms with E-state index in [-0.39, 0.29) is 11.8 Å². The first-order valence-electron chi connectivity index (χ1n) is 11.4. The van der Waals surface area contributed by atoms with E-state index in [9.17, 15) is 19.8 Å². The summed E-state index contributed by atoms with van der Waals surface area (Å²) in [5.41, 5.74) is 2.16. The first-order chi connectivity index (χ1) is 16.3. The number of aliphatic hydroxyl groups is 2. The SMILES string of the molecule is C=C[C@@H](C(=O)N1CCc2cccnc21)[C@H](C)O.C=C[C@@H](C(=O)N1CCc2cccnc21)[C@H](C)O. The Bertz CT molecular complexity index is 969. The van der Waals surface area contributed by atoms with Crippen LogP contribution in [0.2, 0.25) is 0 Å². The first kappa shape index (κ1) is 25.3. The van der Waals surface area contributed by atoms with E-state index in [1.807, 2.05) is 24.3 Å². The van der Waals surface area contributed by atoms with Crippen LogP contribution < -0.4 is 9.80 Å². The van der Waals surface area contributed by atoms with Crippen LogP contribution in [-0.2, 0) is 22.4 Å². The van der Waals surface area contributed by atoms with Crippen molar-refractivity contribution in [2.75, 3.05) is 22.9 Å². The Morgan fingerprint density at radius 1 is 0.853 bits per heavy atom. The highest BCUT2D eigenvalue weighted by Crippen LogP contribution is 2.28. The molecule has 0 spiro atoms. The lowest BCUT2D eigenvalue weighted by molar-refractivity contribution is -0.124. The Morgan fingerprint density at radius 2 is 1.24 bits per heavy atom. The summed E-state index contributed by atoms with van der Waals surface area (Å²) in [6, 6.07) is 7.68. The molecule has 8 heteroatoms. The summed E-state index contributed by atoms with van der Waals surface area (Å²) in [7, 11) is 0. The van der Waals surface area contributed by atoms with Gasteiger partial charge in [-0.3, -0.25) is 19.4 Å². The third-order valence-corrected chi connectivity index (χ3v) is 6.11. The van der Waals surface area contributed by atoms with Crippen LogP contribution in [0.1, 0.15) is 25.0 Å². The molecule has 8 nitrogen and oxygen atoms in total. The van der Waals surface area contributed by atoms with Gasteiger partial charge >= 0.3 is 0 Å². The van der Waals surface area contributed by atoms with E-state index >= 15 is 0 Å². The molecule has 4 heterocycles. The number of carbonyl (C=O) groups excluding carboxylic acids is 2. The van der Waals surface area contributed by atoms with Crippen molar-refractivity contribution in [3.05, 3.63) is 73.1 Å². The predicted octanol–water partition coefficient (Wildman–Crippen LogP) is 2.31. The van der Waals surface area contributed by atoms with Gasteiger partial charge in [0.2, 0.25) is 11.8 Å². The van der Waals surface area contributed by atoms with Gasteiger partial charge in [0.05, 0.1) is 24.0 Å². The predicted molar refractivity (Wildman–Crippen MR) is 131 cm³/mol. The summed E-state index contributed by atoms with van der Waals surface area (Å²) >= 11 is 0. The van der Waals surface area contributed by atoms with E-state index in [0.717, 1.165) is 24.0 Å². The minimum Gasteiger partial charge on any atom is -0.392 e. The van der Waals surface area contributed by atoms with Crippen molar-refractivity contribution >= 4 is 23.5 Å². The van der Waals surface area contributed by atoms with Crippen molar-refractivity contribution in [2.24, 2.45) is 11.8 Å². The van der Waals surface area contributed by atoms with E-state index in [0.29, 0.717) is 24.7 Å². The van der Waals surface area contributed by atoms with Crippen LogP contribution in [0.25, 0.3) is 0 Å². The maximum absolute atomic E-state index is 12.2. The van der Waals surface area contributed by atoms with E-state index in [2.05, 4.69) is 23.1 Å². The highest BCUT2D eigenvalue weighted by atomic mass is 16.3. The van der Waals surface area contributed by atoms with Gasteiger partial charge in [0.15, 0.2) is 0 Å². The van der Waals surface area contributed by atoms with Crippen molar-refractivity contribution in [2.45, 2.75) is 38.9 Å². The number of pyridine rings is 2. The van der Waals surface area contributed by atoms with Crippen LogP contribution in [0.5, 0.6) is 0 Å². The molecule has 0 saturated heterocycles. The second-order valence-electron chi connectivity index (χ2n) is 8.46. The fourth-order valence-electron chi connectivity index (χ4n) is 4.21. The molecule has 0 aliphatic carbocycles. The lowest BCUT2D eigenvalue weighted by atomic mass is 10.0. The number of fused-ring (bicyclic) bond motifs is 2. The molecule has 0 unspecified atom stereocenters. The summed E-state index contributed by atoms with van der Waals surface area (Å²) in [5, 5.41) is 19.1. The van der Waals surface area contributed by atoms with E-state index in [4.69, 9.17) is 0 Å². The Balaban J connectivity index is 0.000000191. The number of anilines is 2. The third kappa shape index (κ3) is 5.24. The summed E-state index contributed by atoms with van der Waals surface area (Å²) < 4.78 is 0. The summed E-state index contributed by atoms with van der Waals surface area (Å²) in [4.78, 5) is 36.2. The van der Waals surface area contributed by atoms with Crippen LogP contribution in [0, 0.1) is 11.8 Å². The number of rotatable bonds is 6. The van der Waals surface area contributed by atoms with Crippen LogP contribution >= 0.6 is 0 Å². The maximum atomic E-state index is 12.2. The molecular formula is C26H32N4O4. The quantitative estimate of drug-likeness (QED) is 0.636. The van der Waals surface area contributed by atoms with Gasteiger partial charge in [0.25, 0.3) is 0 Å². The van der Waals surface area contributed by atoms with Crippen molar-refractivity contribution < 1.29 is 19.8 Å². The van der Waals surface area contributed by atoms with Gasteiger partial charge in [-0.1, -0.05) is 24.3 Å². The molecule has 2 aromatic rings. The number of nitrogens with zero attached hydrogens (tertiary/aromatic N) is 4. The average Bonchev–Trinajstić information content (AvgIpc) is 3.44. The van der Waals surface area contributed by atoms with Crippen molar-refractivity contribution in [3.8, 4) is 0 Å². The summed E-state index contributed by atoms with van der Waals surface area (Å²) in [6.45, 7) is 11.7. The maximum Gasteiger partial charge on any atom is 0.237 e. The van der Waals surface area contributed by atoms with Crippen LogP contribution in [0.15, 0.2) is 62.0 Å². The second kappa shape index (κ2) is 11.2. The lowest BCUT2D eigenvalue weighted by Gasteiger charge is -2.22. The molecule has 4 rings (SSSR count). The highest BCUT2D eigenvalue weighted by molar-refractivity contribution is 5.97. The van der Waals surface area contributed by atoms with Crippen LogP contribution in [-0.4, -0.2) is 57.3 Å². The van der Waals surface area contributed by atoms with Crippen molar-refractivity contribution in [1.29, 1.82) is 0 Å². The van der Waals surface area contributed by atoms with Gasteiger partial charge < -0.3 is 10.2 Å². The second-order valence-corrected chi connectivity index (χ2v) is 8.46. The number of aromatic nitrogens is 2. The largest absolute Gasteiger partial charge is 0.392 e. The molecule has 2 aliphatic heterocycles. The van der Waals surface area contributed by atoms with Gasteiger partial charge in [-0.15, -0.1) is 13.2 Å². The zero-order valence-electron chi connectivity index (χ0n) is 19.7.